The number of alkyl halides is 1. The molecule has 0 aliphatic heterocycles. The van der Waals surface area contributed by atoms with Gasteiger partial charge in [-0.1, -0.05) is 0 Å². The number of sulfonamides is 1. The van der Waals surface area contributed by atoms with E-state index < -0.39 is 10.0 Å². The predicted octanol–water partition coefficient (Wildman–Crippen LogP) is 3.89. The van der Waals surface area contributed by atoms with Gasteiger partial charge in [-0.2, -0.15) is 4.31 Å². The number of aryl methyl sites for hydroxylation is 1. The minimum absolute atomic E-state index is 0.289. The molecule has 0 radical (unpaired) electrons. The first-order valence-electron chi connectivity index (χ1n) is 6.32. The van der Waals surface area contributed by atoms with Crippen molar-refractivity contribution in [1.82, 2.24) is 8.87 Å². The maximum absolute atomic E-state index is 12.6. The lowest BCUT2D eigenvalue weighted by Crippen LogP contribution is -2.26. The van der Waals surface area contributed by atoms with Crippen LogP contribution < -0.4 is 0 Å². The Kier molecular flexibility index (Phi) is 5.54. The van der Waals surface area contributed by atoms with Crippen LogP contribution in [0.15, 0.2) is 32.4 Å². The second-order valence-electron chi connectivity index (χ2n) is 4.61. The number of halogens is 2. The Morgan fingerprint density at radius 3 is 2.62 bits per heavy atom. The lowest BCUT2D eigenvalue weighted by Gasteiger charge is -2.15. The van der Waals surface area contributed by atoms with Crippen LogP contribution in [0.4, 0.5) is 0 Å². The van der Waals surface area contributed by atoms with Crippen LogP contribution in [0, 0.1) is 0 Å². The Balaban J connectivity index is 2.26. The molecule has 0 saturated carbocycles. The Morgan fingerprint density at radius 1 is 1.43 bits per heavy atom. The molecule has 2 heterocycles. The molecule has 2 rings (SSSR count). The minimum Gasteiger partial charge on any atom is -0.349 e. The second kappa shape index (κ2) is 6.83. The van der Waals surface area contributed by atoms with E-state index in [0.717, 1.165) is 15.0 Å². The topological polar surface area (TPSA) is 42.3 Å². The van der Waals surface area contributed by atoms with E-state index >= 15 is 0 Å². The van der Waals surface area contributed by atoms with Crippen LogP contribution in [0.1, 0.15) is 18.2 Å². The molecule has 0 aromatic carbocycles. The smallest absolute Gasteiger partial charge is 0.244 e. The molecule has 0 spiro atoms. The average Bonchev–Trinajstić information content (AvgIpc) is 3.04. The quantitative estimate of drug-likeness (QED) is 0.677. The molecule has 8 heteroatoms. The van der Waals surface area contributed by atoms with Crippen molar-refractivity contribution in [2.45, 2.75) is 30.8 Å². The SMILES string of the molecule is CCn1cc(S(=O)(=O)N(C)Cc2csc(Br)c2)cc1CCl. The summed E-state index contributed by atoms with van der Waals surface area (Å²) < 4.78 is 29.4. The van der Waals surface area contributed by atoms with Gasteiger partial charge in [0.2, 0.25) is 10.0 Å². The summed E-state index contributed by atoms with van der Waals surface area (Å²) in [5.74, 6) is 0.296. The first-order chi connectivity index (χ1) is 9.88. The van der Waals surface area contributed by atoms with Gasteiger partial charge in [0.05, 0.1) is 9.67 Å². The fraction of sp³-hybridized carbons (Fsp3) is 0.385. The van der Waals surface area contributed by atoms with Crippen molar-refractivity contribution in [1.29, 1.82) is 0 Å². The molecule has 2 aromatic heterocycles. The fourth-order valence-electron chi connectivity index (χ4n) is 2.02. The number of hydrogen-bond donors (Lipinski definition) is 0. The van der Waals surface area contributed by atoms with Crippen LogP contribution in [0.3, 0.4) is 0 Å². The molecule has 0 unspecified atom stereocenters. The summed E-state index contributed by atoms with van der Waals surface area (Å²) in [5, 5.41) is 1.94. The van der Waals surface area contributed by atoms with Crippen molar-refractivity contribution in [2.24, 2.45) is 0 Å². The summed E-state index contributed by atoms with van der Waals surface area (Å²) in [4.78, 5) is 0.289. The van der Waals surface area contributed by atoms with Crippen LogP contribution in [0.2, 0.25) is 0 Å². The maximum Gasteiger partial charge on any atom is 0.244 e. The Hall–Kier alpha value is -0.340. The van der Waals surface area contributed by atoms with E-state index in [1.807, 2.05) is 22.9 Å². The second-order valence-corrected chi connectivity index (χ2v) is 9.21. The average molecular weight is 412 g/mol. The molecular formula is C13H16BrClN2O2S2. The van der Waals surface area contributed by atoms with E-state index in [2.05, 4.69) is 15.9 Å². The summed E-state index contributed by atoms with van der Waals surface area (Å²) in [6.07, 6.45) is 1.65. The zero-order chi connectivity index (χ0) is 15.6. The summed E-state index contributed by atoms with van der Waals surface area (Å²) >= 11 is 10.8. The van der Waals surface area contributed by atoms with Crippen molar-refractivity contribution in [3.8, 4) is 0 Å². The van der Waals surface area contributed by atoms with Crippen LogP contribution in [-0.4, -0.2) is 24.3 Å². The number of thiophene rings is 1. The number of nitrogens with zero attached hydrogens (tertiary/aromatic N) is 2. The van der Waals surface area contributed by atoms with Gasteiger partial charge in [0, 0.05) is 32.0 Å². The van der Waals surface area contributed by atoms with Crippen molar-refractivity contribution in [3.63, 3.8) is 0 Å². The van der Waals surface area contributed by atoms with Gasteiger partial charge in [-0.3, -0.25) is 0 Å². The molecule has 21 heavy (non-hydrogen) atoms. The zero-order valence-electron chi connectivity index (χ0n) is 11.7. The molecule has 0 aliphatic carbocycles. The highest BCUT2D eigenvalue weighted by molar-refractivity contribution is 9.11. The van der Waals surface area contributed by atoms with E-state index in [4.69, 9.17) is 11.6 Å². The van der Waals surface area contributed by atoms with Gasteiger partial charge in [-0.25, -0.2) is 8.42 Å². The van der Waals surface area contributed by atoms with Crippen LogP contribution in [-0.2, 0) is 29.0 Å². The third-order valence-electron chi connectivity index (χ3n) is 3.17. The lowest BCUT2D eigenvalue weighted by molar-refractivity contribution is 0.467. The van der Waals surface area contributed by atoms with E-state index in [9.17, 15) is 8.42 Å². The zero-order valence-corrected chi connectivity index (χ0v) is 15.7. The summed E-state index contributed by atoms with van der Waals surface area (Å²) in [6.45, 7) is 3.00. The molecule has 0 amide bonds. The molecule has 0 bridgehead atoms. The van der Waals surface area contributed by atoms with Crippen LogP contribution in [0.25, 0.3) is 0 Å². The molecule has 0 fully saturated rings. The molecular weight excluding hydrogens is 396 g/mol. The molecule has 0 atom stereocenters. The van der Waals surface area contributed by atoms with Crippen molar-refractivity contribution in [3.05, 3.63) is 38.8 Å². The molecule has 0 N–H and O–H groups in total. The largest absolute Gasteiger partial charge is 0.349 e. The third kappa shape index (κ3) is 3.71. The highest BCUT2D eigenvalue weighted by Gasteiger charge is 2.23. The van der Waals surface area contributed by atoms with Crippen molar-refractivity contribution in [2.75, 3.05) is 7.05 Å². The summed E-state index contributed by atoms with van der Waals surface area (Å²) in [6, 6.07) is 3.57. The standard InChI is InChI=1S/C13H16BrClN2O2S2/c1-3-17-8-12(5-11(17)6-15)21(18,19)16(2)7-10-4-13(14)20-9-10/h4-5,8-9H,3,6-7H2,1-2H3. The number of aromatic nitrogens is 1. The van der Waals surface area contributed by atoms with Crippen molar-refractivity contribution >= 4 is 48.9 Å². The molecule has 2 aromatic rings. The fourth-order valence-corrected chi connectivity index (χ4v) is 4.68. The Morgan fingerprint density at radius 2 is 2.14 bits per heavy atom. The summed E-state index contributed by atoms with van der Waals surface area (Å²) in [5.41, 5.74) is 1.77. The van der Waals surface area contributed by atoms with Gasteiger partial charge in [-0.05, 0) is 45.9 Å². The lowest BCUT2D eigenvalue weighted by atomic mass is 10.3. The van der Waals surface area contributed by atoms with Gasteiger partial charge >= 0.3 is 0 Å². The minimum atomic E-state index is -3.51. The Bertz CT molecular complexity index is 703. The molecule has 4 nitrogen and oxygen atoms in total. The first-order valence-corrected chi connectivity index (χ1v) is 9.97. The monoisotopic (exact) mass is 410 g/mol. The van der Waals surface area contributed by atoms with Gasteiger partial charge < -0.3 is 4.57 Å². The van der Waals surface area contributed by atoms with E-state index in [-0.39, 0.29) is 4.90 Å². The van der Waals surface area contributed by atoms with Gasteiger partial charge in [0.25, 0.3) is 0 Å². The van der Waals surface area contributed by atoms with Gasteiger partial charge in [-0.15, -0.1) is 22.9 Å². The predicted molar refractivity (Wildman–Crippen MR) is 90.3 cm³/mol. The number of rotatable bonds is 6. The third-order valence-corrected chi connectivity index (χ3v) is 6.77. The van der Waals surface area contributed by atoms with E-state index in [1.165, 1.54) is 4.31 Å². The van der Waals surface area contributed by atoms with Crippen LogP contribution in [0.5, 0.6) is 0 Å². The van der Waals surface area contributed by atoms with Gasteiger partial charge in [0.15, 0.2) is 0 Å². The van der Waals surface area contributed by atoms with Crippen molar-refractivity contribution < 1.29 is 8.42 Å². The van der Waals surface area contributed by atoms with Crippen LogP contribution >= 0.6 is 38.9 Å². The maximum atomic E-state index is 12.6. The highest BCUT2D eigenvalue weighted by Crippen LogP contribution is 2.24. The molecule has 0 saturated heterocycles. The Labute approximate surface area is 142 Å². The summed E-state index contributed by atoms with van der Waals surface area (Å²) in [7, 11) is -1.92. The first kappa shape index (κ1) is 17.0. The highest BCUT2D eigenvalue weighted by atomic mass is 79.9. The molecule has 116 valence electrons. The van der Waals surface area contributed by atoms with E-state index in [1.54, 1.807) is 30.6 Å². The van der Waals surface area contributed by atoms with Gasteiger partial charge in [0.1, 0.15) is 4.90 Å². The number of hydrogen-bond acceptors (Lipinski definition) is 3. The molecule has 0 aliphatic rings. The van der Waals surface area contributed by atoms with E-state index in [0.29, 0.717) is 19.0 Å². The normalized spacial score (nSPS) is 12.2.